The average Bonchev–Trinajstić information content (AvgIpc) is 3.69. The number of fused-ring (bicyclic) bond motifs is 2. The summed E-state index contributed by atoms with van der Waals surface area (Å²) in [6.45, 7) is 5.69. The van der Waals surface area contributed by atoms with Crippen LogP contribution in [0.25, 0.3) is 0 Å². The zero-order valence-electron chi connectivity index (χ0n) is 27.2. The molecule has 3 atom stereocenters. The molecule has 3 aliphatic heterocycles. The Hall–Kier alpha value is -3.63. The lowest BCUT2D eigenvalue weighted by Gasteiger charge is -2.31. The number of hydrogen-bond acceptors (Lipinski definition) is 6. The van der Waals surface area contributed by atoms with Gasteiger partial charge >= 0.3 is 5.97 Å². The zero-order chi connectivity index (χ0) is 32.1. The number of amides is 2. The molecule has 244 valence electrons. The van der Waals surface area contributed by atoms with E-state index < -0.39 is 17.9 Å². The number of carboxylic acid groups (broad SMARTS) is 1. The lowest BCUT2D eigenvalue weighted by molar-refractivity contribution is -0.870. The first-order valence-electron chi connectivity index (χ1n) is 16.4. The SMILES string of the molecule is CCCCN(CCCC[N+](C)(C)C)C(=O)CN1CC(c2ccc3c(c2)OCO3)C(C(=O)O)C1CCN1C(=O)Cc2ccccc21. The van der Waals surface area contributed by atoms with Gasteiger partial charge in [0.15, 0.2) is 11.5 Å². The van der Waals surface area contributed by atoms with Crippen LogP contribution in [-0.2, 0) is 20.8 Å². The van der Waals surface area contributed by atoms with E-state index in [1.54, 1.807) is 4.90 Å². The number of carbonyl (C=O) groups excluding carboxylic acids is 2. The smallest absolute Gasteiger partial charge is 0.308 e. The third kappa shape index (κ3) is 7.79. The molecule has 2 aromatic carbocycles. The van der Waals surface area contributed by atoms with Gasteiger partial charge in [-0.2, -0.15) is 0 Å². The average molecular weight is 622 g/mol. The van der Waals surface area contributed by atoms with Crippen molar-refractivity contribution >= 4 is 23.5 Å². The van der Waals surface area contributed by atoms with Crippen molar-refractivity contribution in [2.24, 2.45) is 5.92 Å². The van der Waals surface area contributed by atoms with Crippen molar-refractivity contribution in [1.29, 1.82) is 0 Å². The highest BCUT2D eigenvalue weighted by Crippen LogP contribution is 2.43. The van der Waals surface area contributed by atoms with Crippen LogP contribution in [0.1, 0.15) is 56.1 Å². The van der Waals surface area contributed by atoms with E-state index in [1.807, 2.05) is 47.4 Å². The molecule has 2 amide bonds. The van der Waals surface area contributed by atoms with Gasteiger partial charge < -0.3 is 28.9 Å². The van der Waals surface area contributed by atoms with E-state index in [2.05, 4.69) is 33.0 Å². The molecule has 5 rings (SSSR count). The minimum absolute atomic E-state index is 0.0237. The van der Waals surface area contributed by atoms with Gasteiger partial charge in [0.05, 0.1) is 46.6 Å². The minimum Gasteiger partial charge on any atom is -0.481 e. The molecule has 3 unspecified atom stereocenters. The van der Waals surface area contributed by atoms with E-state index in [4.69, 9.17) is 9.47 Å². The zero-order valence-corrected chi connectivity index (χ0v) is 27.2. The van der Waals surface area contributed by atoms with Crippen molar-refractivity contribution in [3.05, 3.63) is 53.6 Å². The number of aliphatic carboxylic acids is 1. The molecular weight excluding hydrogens is 572 g/mol. The van der Waals surface area contributed by atoms with Crippen LogP contribution in [0.15, 0.2) is 42.5 Å². The Morgan fingerprint density at radius 3 is 2.53 bits per heavy atom. The molecule has 45 heavy (non-hydrogen) atoms. The fourth-order valence-corrected chi connectivity index (χ4v) is 7.03. The van der Waals surface area contributed by atoms with Gasteiger partial charge in [0.25, 0.3) is 0 Å². The number of unbranched alkanes of at least 4 members (excludes halogenated alkanes) is 2. The number of likely N-dealkylation sites (tertiary alicyclic amines) is 1. The van der Waals surface area contributed by atoms with Crippen LogP contribution in [0.3, 0.4) is 0 Å². The highest BCUT2D eigenvalue weighted by atomic mass is 16.7. The van der Waals surface area contributed by atoms with Crippen LogP contribution in [0.4, 0.5) is 5.69 Å². The number of quaternary nitrogens is 1. The summed E-state index contributed by atoms with van der Waals surface area (Å²) in [7, 11) is 6.53. The number of carboxylic acids is 1. The second kappa shape index (κ2) is 14.2. The fraction of sp³-hybridized carbons (Fsp3) is 0.571. The first-order valence-corrected chi connectivity index (χ1v) is 16.4. The largest absolute Gasteiger partial charge is 0.481 e. The van der Waals surface area contributed by atoms with E-state index >= 15 is 0 Å². The number of nitrogens with zero attached hydrogens (tertiary/aromatic N) is 4. The summed E-state index contributed by atoms with van der Waals surface area (Å²) in [5, 5.41) is 10.6. The van der Waals surface area contributed by atoms with Crippen LogP contribution in [-0.4, -0.2) is 110 Å². The van der Waals surface area contributed by atoms with E-state index in [0.29, 0.717) is 50.5 Å². The van der Waals surface area contributed by atoms with Crippen molar-refractivity contribution in [1.82, 2.24) is 9.80 Å². The molecular formula is C35H49N4O6+. The Kier molecular flexibility index (Phi) is 10.3. The van der Waals surface area contributed by atoms with Gasteiger partial charge in [-0.25, -0.2) is 0 Å². The number of rotatable bonds is 15. The molecule has 1 saturated heterocycles. The molecule has 0 aliphatic carbocycles. The Morgan fingerprint density at radius 2 is 1.78 bits per heavy atom. The van der Waals surface area contributed by atoms with Crippen molar-refractivity contribution < 1.29 is 33.4 Å². The van der Waals surface area contributed by atoms with Crippen molar-refractivity contribution in [2.75, 3.05) is 72.1 Å². The van der Waals surface area contributed by atoms with E-state index in [0.717, 1.165) is 53.5 Å². The van der Waals surface area contributed by atoms with Gasteiger partial charge in [-0.15, -0.1) is 0 Å². The molecule has 0 radical (unpaired) electrons. The number of para-hydroxylation sites is 1. The Balaban J connectivity index is 1.37. The maximum Gasteiger partial charge on any atom is 0.308 e. The molecule has 0 spiro atoms. The molecule has 0 aromatic heterocycles. The van der Waals surface area contributed by atoms with Crippen LogP contribution in [0, 0.1) is 5.92 Å². The first kappa shape index (κ1) is 32.8. The summed E-state index contributed by atoms with van der Waals surface area (Å²) in [5.74, 6) is -0.664. The van der Waals surface area contributed by atoms with Gasteiger partial charge in [0.1, 0.15) is 0 Å². The summed E-state index contributed by atoms with van der Waals surface area (Å²) in [4.78, 5) is 45.7. The molecule has 1 N–H and O–H groups in total. The molecule has 10 nitrogen and oxygen atoms in total. The van der Waals surface area contributed by atoms with Gasteiger partial charge in [-0.1, -0.05) is 37.6 Å². The van der Waals surface area contributed by atoms with Gasteiger partial charge in [0, 0.05) is 43.8 Å². The quantitative estimate of drug-likeness (QED) is 0.237. The summed E-state index contributed by atoms with van der Waals surface area (Å²) in [5.41, 5.74) is 2.74. The van der Waals surface area contributed by atoms with Crippen molar-refractivity contribution in [2.45, 2.75) is 57.4 Å². The lowest BCUT2D eigenvalue weighted by Crippen LogP contribution is -2.46. The molecule has 10 heteroatoms. The second-order valence-electron chi connectivity index (χ2n) is 13.7. The molecule has 3 heterocycles. The Labute approximate surface area is 267 Å². The number of hydrogen-bond donors (Lipinski definition) is 1. The molecule has 3 aliphatic rings. The van der Waals surface area contributed by atoms with E-state index in [9.17, 15) is 19.5 Å². The third-order valence-electron chi connectivity index (χ3n) is 9.41. The Morgan fingerprint density at radius 1 is 1.02 bits per heavy atom. The molecule has 0 saturated carbocycles. The second-order valence-corrected chi connectivity index (χ2v) is 13.7. The lowest BCUT2D eigenvalue weighted by atomic mass is 9.84. The predicted molar refractivity (Wildman–Crippen MR) is 173 cm³/mol. The van der Waals surface area contributed by atoms with Gasteiger partial charge in [-0.05, 0) is 55.0 Å². The van der Waals surface area contributed by atoms with E-state index in [-0.39, 0.29) is 31.1 Å². The number of carbonyl (C=O) groups is 3. The van der Waals surface area contributed by atoms with E-state index in [1.165, 1.54) is 0 Å². The van der Waals surface area contributed by atoms with Gasteiger partial charge in [0.2, 0.25) is 18.6 Å². The standard InChI is InChI=1S/C35H48N4O6/c1-5-6-16-36(17-9-10-19-39(2,3)4)33(41)23-37-22-27(25-13-14-30-31(20-25)45-24-44-30)34(35(42)43)29(37)15-18-38-28-12-8-7-11-26(28)21-32(38)40/h7-8,11-14,20,27,29,34H,5-6,9-10,15-19,21-24H2,1-4H3/p+1. The predicted octanol–water partition coefficient (Wildman–Crippen LogP) is 3.98. The first-order chi connectivity index (χ1) is 21.6. The van der Waals surface area contributed by atoms with Crippen LogP contribution in [0.5, 0.6) is 11.5 Å². The number of benzene rings is 2. The number of anilines is 1. The highest BCUT2D eigenvalue weighted by molar-refractivity contribution is 6.01. The Bertz CT molecular complexity index is 1370. The normalized spacial score (nSPS) is 20.9. The highest BCUT2D eigenvalue weighted by Gasteiger charge is 2.47. The van der Waals surface area contributed by atoms with Crippen LogP contribution in [0.2, 0.25) is 0 Å². The fourth-order valence-electron chi connectivity index (χ4n) is 7.03. The topological polar surface area (TPSA) is 99.6 Å². The van der Waals surface area contributed by atoms with Crippen LogP contribution < -0.4 is 14.4 Å². The van der Waals surface area contributed by atoms with Crippen LogP contribution >= 0.6 is 0 Å². The monoisotopic (exact) mass is 621 g/mol. The summed E-state index contributed by atoms with van der Waals surface area (Å²) >= 11 is 0. The maximum atomic E-state index is 13.9. The molecule has 1 fully saturated rings. The summed E-state index contributed by atoms with van der Waals surface area (Å²) in [6.07, 6.45) is 4.69. The summed E-state index contributed by atoms with van der Waals surface area (Å²) in [6, 6.07) is 13.0. The minimum atomic E-state index is -0.895. The molecule has 0 bridgehead atoms. The number of ether oxygens (including phenoxy) is 2. The third-order valence-corrected chi connectivity index (χ3v) is 9.41. The molecule has 2 aromatic rings. The maximum absolute atomic E-state index is 13.9. The van der Waals surface area contributed by atoms with Gasteiger partial charge in [-0.3, -0.25) is 19.3 Å². The van der Waals surface area contributed by atoms with Crippen molar-refractivity contribution in [3.63, 3.8) is 0 Å². The summed E-state index contributed by atoms with van der Waals surface area (Å²) < 4.78 is 12.0. The van der Waals surface area contributed by atoms with Crippen molar-refractivity contribution in [3.8, 4) is 11.5 Å².